The van der Waals surface area contributed by atoms with E-state index in [-0.39, 0.29) is 27.9 Å². The van der Waals surface area contributed by atoms with Crippen molar-refractivity contribution < 1.29 is 31.5 Å². The van der Waals surface area contributed by atoms with E-state index in [4.69, 9.17) is 20.8 Å². The van der Waals surface area contributed by atoms with E-state index in [2.05, 4.69) is 9.97 Å². The summed E-state index contributed by atoms with van der Waals surface area (Å²) < 4.78 is 64.2. The number of pyridine rings is 1. The summed E-state index contributed by atoms with van der Waals surface area (Å²) in [5.41, 5.74) is -0.954. The summed E-state index contributed by atoms with van der Waals surface area (Å²) in [6.45, 7) is 2.12. The van der Waals surface area contributed by atoms with Gasteiger partial charge in [-0.25, -0.2) is 14.4 Å². The number of hydrogen-bond acceptors (Lipinski definition) is 5. The Morgan fingerprint density at radius 1 is 1.30 bits per heavy atom. The molecule has 3 aromatic rings. The minimum absolute atomic E-state index is 0.0188. The van der Waals surface area contributed by atoms with Crippen LogP contribution in [0.4, 0.5) is 17.6 Å². The summed E-state index contributed by atoms with van der Waals surface area (Å²) in [4.78, 5) is 22.6. The second-order valence-electron chi connectivity index (χ2n) is 7.55. The van der Waals surface area contributed by atoms with E-state index in [0.717, 1.165) is 6.07 Å². The largest absolute Gasteiger partial charge is 0.471 e. The van der Waals surface area contributed by atoms with E-state index in [1.165, 1.54) is 35.6 Å². The molecule has 11 heteroatoms. The number of rotatable bonds is 4. The first kappa shape index (κ1) is 23.0. The maximum atomic E-state index is 14.6. The first-order valence-electron chi connectivity index (χ1n) is 10.1. The lowest BCUT2D eigenvalue weighted by Crippen LogP contribution is -2.51. The van der Waals surface area contributed by atoms with Crippen molar-refractivity contribution in [2.45, 2.75) is 38.1 Å². The molecule has 33 heavy (non-hydrogen) atoms. The highest BCUT2D eigenvalue weighted by atomic mass is 35.5. The number of alkyl halides is 3. The van der Waals surface area contributed by atoms with Crippen LogP contribution in [0.3, 0.4) is 0 Å². The Morgan fingerprint density at radius 3 is 2.76 bits per heavy atom. The van der Waals surface area contributed by atoms with Crippen molar-refractivity contribution in [3.8, 4) is 17.3 Å². The Bertz CT molecular complexity index is 1150. The molecule has 4 rings (SSSR count). The van der Waals surface area contributed by atoms with Crippen LogP contribution in [0.15, 0.2) is 47.3 Å². The molecule has 0 N–H and O–H groups in total. The molecule has 0 spiro atoms. The van der Waals surface area contributed by atoms with Gasteiger partial charge < -0.3 is 14.1 Å². The molecule has 2 aromatic heterocycles. The predicted molar refractivity (Wildman–Crippen MR) is 110 cm³/mol. The highest BCUT2D eigenvalue weighted by Gasteiger charge is 2.36. The maximum Gasteiger partial charge on any atom is 0.417 e. The molecule has 174 valence electrons. The van der Waals surface area contributed by atoms with E-state index in [0.29, 0.717) is 25.6 Å². The van der Waals surface area contributed by atoms with Crippen LogP contribution in [0, 0.1) is 5.82 Å². The third kappa shape index (κ3) is 4.66. The summed E-state index contributed by atoms with van der Waals surface area (Å²) >= 11 is 5.97. The highest BCUT2D eigenvalue weighted by molar-refractivity contribution is 6.31. The van der Waals surface area contributed by atoms with Crippen LogP contribution in [0.25, 0.3) is 11.5 Å². The number of nitrogens with zero attached hydrogens (tertiary/aromatic N) is 3. The molecule has 1 aliphatic rings. The number of carbonyl (C=O) groups excluding carboxylic acids is 1. The number of benzene rings is 1. The van der Waals surface area contributed by atoms with Crippen molar-refractivity contribution >= 4 is 17.5 Å². The molecule has 1 fully saturated rings. The number of hydrogen-bond donors (Lipinski definition) is 0. The fourth-order valence-corrected chi connectivity index (χ4v) is 3.99. The van der Waals surface area contributed by atoms with Gasteiger partial charge >= 0.3 is 6.18 Å². The van der Waals surface area contributed by atoms with Crippen LogP contribution >= 0.6 is 11.6 Å². The zero-order chi connectivity index (χ0) is 23.8. The molecule has 1 aromatic carbocycles. The molecule has 0 radical (unpaired) electrons. The molecule has 0 saturated carbocycles. The molecule has 1 amide bonds. The van der Waals surface area contributed by atoms with Gasteiger partial charge in [0.25, 0.3) is 5.91 Å². The van der Waals surface area contributed by atoms with E-state index in [9.17, 15) is 22.4 Å². The fraction of sp³-hybridized carbons (Fsp3) is 0.318. The van der Waals surface area contributed by atoms with Crippen LogP contribution in [0.5, 0.6) is 5.88 Å². The van der Waals surface area contributed by atoms with Gasteiger partial charge in [-0.15, -0.1) is 0 Å². The van der Waals surface area contributed by atoms with E-state index < -0.39 is 35.6 Å². The second kappa shape index (κ2) is 9.01. The molecular weight excluding hydrogens is 466 g/mol. The molecule has 1 saturated heterocycles. The van der Waals surface area contributed by atoms with Crippen molar-refractivity contribution in [3.05, 3.63) is 64.9 Å². The summed E-state index contributed by atoms with van der Waals surface area (Å²) in [6, 6.07) is 4.36. The smallest absolute Gasteiger partial charge is 0.417 e. The number of amides is 1. The SMILES string of the molecule is CC1C(Oc2ncc(C(F)(F)F)cc2Cl)CCCN1C(=O)c1cccc(F)c1-c1ncco1. The van der Waals surface area contributed by atoms with Gasteiger partial charge in [0.15, 0.2) is 0 Å². The van der Waals surface area contributed by atoms with Crippen molar-refractivity contribution in [3.63, 3.8) is 0 Å². The normalized spacial score (nSPS) is 18.9. The lowest BCUT2D eigenvalue weighted by molar-refractivity contribution is -0.137. The van der Waals surface area contributed by atoms with Gasteiger partial charge in [-0.05, 0) is 38.0 Å². The number of oxazole rings is 1. The number of halogens is 5. The molecule has 0 bridgehead atoms. The van der Waals surface area contributed by atoms with Gasteiger partial charge in [-0.3, -0.25) is 4.79 Å². The van der Waals surface area contributed by atoms with Crippen molar-refractivity contribution in [1.82, 2.24) is 14.9 Å². The number of aromatic nitrogens is 2. The molecule has 1 aliphatic heterocycles. The first-order valence-corrected chi connectivity index (χ1v) is 10.4. The average Bonchev–Trinajstić information content (AvgIpc) is 3.29. The first-order chi connectivity index (χ1) is 15.7. The van der Waals surface area contributed by atoms with Crippen molar-refractivity contribution in [1.29, 1.82) is 0 Å². The quantitative estimate of drug-likeness (QED) is 0.450. The van der Waals surface area contributed by atoms with Crippen molar-refractivity contribution in [2.75, 3.05) is 6.54 Å². The topological polar surface area (TPSA) is 68.5 Å². The Kier molecular flexibility index (Phi) is 6.29. The summed E-state index contributed by atoms with van der Waals surface area (Å²) in [5.74, 6) is -1.27. The van der Waals surface area contributed by atoms with Gasteiger partial charge in [0, 0.05) is 12.7 Å². The average molecular weight is 484 g/mol. The summed E-state index contributed by atoms with van der Waals surface area (Å²) in [5, 5.41) is -0.281. The van der Waals surface area contributed by atoms with Crippen LogP contribution in [0.2, 0.25) is 5.02 Å². The van der Waals surface area contributed by atoms with Gasteiger partial charge in [-0.2, -0.15) is 13.2 Å². The van der Waals surface area contributed by atoms with Gasteiger partial charge in [0.1, 0.15) is 23.2 Å². The fourth-order valence-electron chi connectivity index (χ4n) is 3.78. The number of likely N-dealkylation sites (tertiary alicyclic amines) is 1. The summed E-state index contributed by atoms with van der Waals surface area (Å²) in [6.07, 6.45) is -0.797. The predicted octanol–water partition coefficient (Wildman–Crippen LogP) is 5.62. The highest BCUT2D eigenvalue weighted by Crippen LogP contribution is 2.35. The lowest BCUT2D eigenvalue weighted by atomic mass is 9.97. The van der Waals surface area contributed by atoms with E-state index >= 15 is 0 Å². The molecule has 0 aliphatic carbocycles. The third-order valence-corrected chi connectivity index (χ3v) is 5.74. The van der Waals surface area contributed by atoms with E-state index in [1.807, 2.05) is 0 Å². The zero-order valence-corrected chi connectivity index (χ0v) is 18.0. The second-order valence-corrected chi connectivity index (χ2v) is 7.95. The standard InChI is InChI=1S/C22H18ClF4N3O3/c1-12-17(33-19-15(23)10-13(11-29-19)22(25,26)27)6-3-8-30(12)21(31)14-4-2-5-16(24)18(14)20-28-7-9-32-20/h2,4-5,7,9-12,17H,3,6,8H2,1H3. The maximum absolute atomic E-state index is 14.6. The van der Waals surface area contributed by atoms with Gasteiger partial charge in [0.05, 0.1) is 28.9 Å². The Hall–Kier alpha value is -3.14. The van der Waals surface area contributed by atoms with Crippen LogP contribution in [-0.2, 0) is 6.18 Å². The number of piperidine rings is 1. The molecule has 6 nitrogen and oxygen atoms in total. The summed E-state index contributed by atoms with van der Waals surface area (Å²) in [7, 11) is 0. The van der Waals surface area contributed by atoms with Crippen LogP contribution in [0.1, 0.15) is 35.7 Å². The third-order valence-electron chi connectivity index (χ3n) is 5.47. The van der Waals surface area contributed by atoms with Crippen LogP contribution in [-0.4, -0.2) is 39.5 Å². The lowest BCUT2D eigenvalue weighted by Gasteiger charge is -2.39. The Morgan fingerprint density at radius 2 is 2.09 bits per heavy atom. The molecule has 2 unspecified atom stereocenters. The minimum Gasteiger partial charge on any atom is -0.471 e. The Labute approximate surface area is 191 Å². The van der Waals surface area contributed by atoms with Gasteiger partial charge in [0.2, 0.25) is 11.8 Å². The minimum atomic E-state index is -4.58. The van der Waals surface area contributed by atoms with E-state index in [1.54, 1.807) is 6.92 Å². The number of ether oxygens (including phenoxy) is 1. The van der Waals surface area contributed by atoms with Crippen LogP contribution < -0.4 is 4.74 Å². The Balaban J connectivity index is 1.57. The molecule has 3 heterocycles. The molecular formula is C22H18ClF4N3O3. The van der Waals surface area contributed by atoms with Gasteiger partial charge in [-0.1, -0.05) is 17.7 Å². The zero-order valence-electron chi connectivity index (χ0n) is 17.3. The molecule has 2 atom stereocenters. The monoisotopic (exact) mass is 483 g/mol. The number of carbonyl (C=O) groups is 1. The van der Waals surface area contributed by atoms with Crippen molar-refractivity contribution in [2.24, 2.45) is 0 Å².